The molecule has 2 N–H and O–H groups in total. The lowest BCUT2D eigenvalue weighted by Crippen LogP contribution is -2.36. The molecular formula is C13H27NO. The minimum atomic E-state index is 0.454. The lowest BCUT2D eigenvalue weighted by Gasteiger charge is -2.34. The Hall–Kier alpha value is -0.0800. The molecular weight excluding hydrogens is 186 g/mol. The van der Waals surface area contributed by atoms with E-state index >= 15 is 0 Å². The van der Waals surface area contributed by atoms with Crippen LogP contribution in [0.3, 0.4) is 0 Å². The first kappa shape index (κ1) is 13.0. The van der Waals surface area contributed by atoms with Gasteiger partial charge in [0.25, 0.3) is 0 Å². The number of hydrogen-bond donors (Lipinski definition) is 1. The highest BCUT2D eigenvalue weighted by molar-refractivity contribution is 4.82. The number of hydrogen-bond acceptors (Lipinski definition) is 2. The number of methoxy groups -OCH3 is 1. The molecule has 3 unspecified atom stereocenters. The lowest BCUT2D eigenvalue weighted by molar-refractivity contribution is 0.163. The van der Waals surface area contributed by atoms with Crippen LogP contribution in [0.4, 0.5) is 0 Å². The minimum absolute atomic E-state index is 0.454. The molecule has 2 nitrogen and oxygen atoms in total. The van der Waals surface area contributed by atoms with Gasteiger partial charge in [0.2, 0.25) is 0 Å². The number of ether oxygens (including phenoxy) is 1. The Morgan fingerprint density at radius 2 is 2.07 bits per heavy atom. The normalized spacial score (nSPS) is 31.8. The molecule has 1 saturated carbocycles. The zero-order chi connectivity index (χ0) is 11.1. The van der Waals surface area contributed by atoms with Gasteiger partial charge in [0, 0.05) is 19.8 Å². The van der Waals surface area contributed by atoms with Gasteiger partial charge in [-0.25, -0.2) is 0 Å². The summed E-state index contributed by atoms with van der Waals surface area (Å²) in [6.07, 6.45) is 9.11. The molecule has 2 heteroatoms. The number of nitrogens with two attached hydrogens (primary N) is 1. The molecule has 1 aliphatic carbocycles. The minimum Gasteiger partial charge on any atom is -0.385 e. The molecule has 0 aliphatic heterocycles. The van der Waals surface area contributed by atoms with Gasteiger partial charge in [-0.15, -0.1) is 0 Å². The molecule has 0 heterocycles. The first-order valence-electron chi connectivity index (χ1n) is 6.52. The second-order valence-electron chi connectivity index (χ2n) is 5.03. The van der Waals surface area contributed by atoms with Gasteiger partial charge in [-0.1, -0.05) is 19.8 Å². The van der Waals surface area contributed by atoms with Gasteiger partial charge < -0.3 is 10.5 Å². The second kappa shape index (κ2) is 7.24. The SMILES string of the molecule is CCCC1CCC(N)C(CCCOC)C1. The summed E-state index contributed by atoms with van der Waals surface area (Å²) in [5.74, 6) is 1.70. The molecule has 90 valence electrons. The van der Waals surface area contributed by atoms with Gasteiger partial charge >= 0.3 is 0 Å². The van der Waals surface area contributed by atoms with Gasteiger partial charge in [0.15, 0.2) is 0 Å². The molecule has 0 spiro atoms. The lowest BCUT2D eigenvalue weighted by atomic mass is 9.75. The summed E-state index contributed by atoms with van der Waals surface area (Å²) in [6, 6.07) is 0.454. The van der Waals surface area contributed by atoms with Crippen molar-refractivity contribution in [3.63, 3.8) is 0 Å². The van der Waals surface area contributed by atoms with Gasteiger partial charge in [-0.05, 0) is 43.9 Å². The van der Waals surface area contributed by atoms with Crippen LogP contribution >= 0.6 is 0 Å². The third kappa shape index (κ3) is 4.52. The molecule has 0 aromatic rings. The van der Waals surface area contributed by atoms with Crippen LogP contribution in [0.15, 0.2) is 0 Å². The fourth-order valence-corrected chi connectivity index (χ4v) is 2.88. The van der Waals surface area contributed by atoms with Crippen LogP contribution < -0.4 is 5.73 Å². The van der Waals surface area contributed by atoms with E-state index in [2.05, 4.69) is 6.92 Å². The zero-order valence-corrected chi connectivity index (χ0v) is 10.4. The summed E-state index contributed by atoms with van der Waals surface area (Å²) in [7, 11) is 1.78. The highest BCUT2D eigenvalue weighted by Gasteiger charge is 2.26. The molecule has 0 saturated heterocycles. The van der Waals surface area contributed by atoms with Crippen LogP contribution in [0.2, 0.25) is 0 Å². The van der Waals surface area contributed by atoms with Gasteiger partial charge in [0.1, 0.15) is 0 Å². The first-order valence-corrected chi connectivity index (χ1v) is 6.52. The molecule has 3 atom stereocenters. The third-order valence-electron chi connectivity index (χ3n) is 3.77. The standard InChI is InChI=1S/C13H27NO/c1-3-5-11-7-8-13(14)12(10-11)6-4-9-15-2/h11-13H,3-10,14H2,1-2H3. The van der Waals surface area contributed by atoms with E-state index in [0.29, 0.717) is 6.04 Å². The van der Waals surface area contributed by atoms with Crippen molar-refractivity contribution >= 4 is 0 Å². The van der Waals surface area contributed by atoms with E-state index in [1.807, 2.05) is 0 Å². The highest BCUT2D eigenvalue weighted by atomic mass is 16.5. The van der Waals surface area contributed by atoms with Crippen molar-refractivity contribution in [3.8, 4) is 0 Å². The summed E-state index contributed by atoms with van der Waals surface area (Å²) in [5, 5.41) is 0. The maximum absolute atomic E-state index is 6.18. The topological polar surface area (TPSA) is 35.2 Å². The summed E-state index contributed by atoms with van der Waals surface area (Å²) in [4.78, 5) is 0. The zero-order valence-electron chi connectivity index (χ0n) is 10.4. The van der Waals surface area contributed by atoms with Gasteiger partial charge in [-0.2, -0.15) is 0 Å². The van der Waals surface area contributed by atoms with Crippen molar-refractivity contribution in [2.24, 2.45) is 17.6 Å². The first-order chi connectivity index (χ1) is 7.27. The highest BCUT2D eigenvalue weighted by Crippen LogP contribution is 2.33. The van der Waals surface area contributed by atoms with Crippen LogP contribution in [-0.2, 0) is 4.74 Å². The van der Waals surface area contributed by atoms with E-state index < -0.39 is 0 Å². The fraction of sp³-hybridized carbons (Fsp3) is 1.00. The Kier molecular flexibility index (Phi) is 6.26. The predicted octanol–water partition coefficient (Wildman–Crippen LogP) is 2.96. The predicted molar refractivity (Wildman–Crippen MR) is 64.8 cm³/mol. The van der Waals surface area contributed by atoms with Gasteiger partial charge in [-0.3, -0.25) is 0 Å². The van der Waals surface area contributed by atoms with E-state index in [1.54, 1.807) is 7.11 Å². The van der Waals surface area contributed by atoms with Crippen LogP contribution in [0.5, 0.6) is 0 Å². The number of rotatable bonds is 6. The fourth-order valence-electron chi connectivity index (χ4n) is 2.88. The van der Waals surface area contributed by atoms with E-state index in [4.69, 9.17) is 10.5 Å². The summed E-state index contributed by atoms with van der Waals surface area (Å²) < 4.78 is 5.10. The van der Waals surface area contributed by atoms with Crippen molar-refractivity contribution in [1.29, 1.82) is 0 Å². The summed E-state index contributed by atoms with van der Waals surface area (Å²) in [5.41, 5.74) is 6.18. The van der Waals surface area contributed by atoms with Crippen LogP contribution in [0.1, 0.15) is 51.9 Å². The monoisotopic (exact) mass is 213 g/mol. The van der Waals surface area contributed by atoms with Crippen molar-refractivity contribution in [1.82, 2.24) is 0 Å². The molecule has 0 aromatic carbocycles. The molecule has 0 bridgehead atoms. The van der Waals surface area contributed by atoms with Crippen LogP contribution in [0.25, 0.3) is 0 Å². The molecule has 1 aliphatic rings. The average molecular weight is 213 g/mol. The maximum Gasteiger partial charge on any atom is 0.0462 e. The van der Waals surface area contributed by atoms with E-state index in [0.717, 1.165) is 18.4 Å². The van der Waals surface area contributed by atoms with Crippen molar-refractivity contribution < 1.29 is 4.74 Å². The average Bonchev–Trinajstić information content (AvgIpc) is 2.23. The van der Waals surface area contributed by atoms with E-state index in [-0.39, 0.29) is 0 Å². The molecule has 0 aromatic heterocycles. The summed E-state index contributed by atoms with van der Waals surface area (Å²) >= 11 is 0. The van der Waals surface area contributed by atoms with E-state index in [9.17, 15) is 0 Å². The molecule has 0 amide bonds. The van der Waals surface area contributed by atoms with Crippen molar-refractivity contribution in [2.75, 3.05) is 13.7 Å². The second-order valence-corrected chi connectivity index (χ2v) is 5.03. The maximum atomic E-state index is 6.18. The van der Waals surface area contributed by atoms with Crippen LogP contribution in [-0.4, -0.2) is 19.8 Å². The third-order valence-corrected chi connectivity index (χ3v) is 3.77. The molecule has 1 fully saturated rings. The largest absolute Gasteiger partial charge is 0.385 e. The molecule has 0 radical (unpaired) electrons. The van der Waals surface area contributed by atoms with Gasteiger partial charge in [0.05, 0.1) is 0 Å². The van der Waals surface area contributed by atoms with Crippen molar-refractivity contribution in [3.05, 3.63) is 0 Å². The van der Waals surface area contributed by atoms with Crippen LogP contribution in [0, 0.1) is 11.8 Å². The Morgan fingerprint density at radius 1 is 1.27 bits per heavy atom. The Bertz CT molecular complexity index is 161. The Labute approximate surface area is 94.6 Å². The Morgan fingerprint density at radius 3 is 2.73 bits per heavy atom. The molecule has 15 heavy (non-hydrogen) atoms. The quantitative estimate of drug-likeness (QED) is 0.688. The van der Waals surface area contributed by atoms with Crippen molar-refractivity contribution in [2.45, 2.75) is 57.9 Å². The Balaban J connectivity index is 2.26. The molecule has 1 rings (SSSR count). The summed E-state index contributed by atoms with van der Waals surface area (Å²) in [6.45, 7) is 3.18. The smallest absolute Gasteiger partial charge is 0.0462 e. The van der Waals surface area contributed by atoms with E-state index in [1.165, 1.54) is 44.9 Å².